The first-order chi connectivity index (χ1) is 15.6. The highest BCUT2D eigenvalue weighted by Crippen LogP contribution is 2.24. The molecular formula is C27H36N2O3. The zero-order valence-corrected chi connectivity index (χ0v) is 19.5. The van der Waals surface area contributed by atoms with E-state index < -0.39 is 0 Å². The minimum absolute atomic E-state index is 0.102. The minimum atomic E-state index is 0.102. The van der Waals surface area contributed by atoms with E-state index in [9.17, 15) is 4.79 Å². The summed E-state index contributed by atoms with van der Waals surface area (Å²) in [6, 6.07) is 16.1. The maximum atomic E-state index is 13.4. The molecule has 0 radical (unpaired) electrons. The highest BCUT2D eigenvalue weighted by Gasteiger charge is 2.28. The predicted octanol–water partition coefficient (Wildman–Crippen LogP) is 4.54. The Kier molecular flexibility index (Phi) is 7.82. The van der Waals surface area contributed by atoms with E-state index in [1.807, 2.05) is 29.2 Å². The fourth-order valence-electron chi connectivity index (χ4n) is 4.86. The van der Waals surface area contributed by atoms with Crippen molar-refractivity contribution in [3.8, 4) is 5.75 Å². The summed E-state index contributed by atoms with van der Waals surface area (Å²) in [7, 11) is 1.64. The van der Waals surface area contributed by atoms with Gasteiger partial charge in [0.15, 0.2) is 0 Å². The molecule has 0 bridgehead atoms. The molecule has 0 spiro atoms. The maximum Gasteiger partial charge on any atom is 0.253 e. The molecule has 1 amide bonds. The van der Waals surface area contributed by atoms with Crippen LogP contribution < -0.4 is 4.74 Å². The minimum Gasteiger partial charge on any atom is -0.497 e. The van der Waals surface area contributed by atoms with Crippen LogP contribution in [0.1, 0.15) is 47.2 Å². The molecule has 1 atom stereocenters. The van der Waals surface area contributed by atoms with E-state index in [1.165, 1.54) is 11.1 Å². The summed E-state index contributed by atoms with van der Waals surface area (Å²) in [6.07, 6.45) is 4.56. The first kappa shape index (κ1) is 22.8. The standard InChI is InChI=1S/C27H36N2O3/c1-21-6-3-4-7-24(21)19-28-15-13-22(14-16-28)18-29(20-26-8-5-17-32-26)27(30)23-9-11-25(31-2)12-10-23/h3-4,6-7,9-12,22,26H,5,8,13-20H2,1-2H3/t26-/m1/s1. The number of aryl methyl sites for hydroxylation is 1. The van der Waals surface area contributed by atoms with Crippen molar-refractivity contribution in [3.05, 3.63) is 65.2 Å². The number of hydrogen-bond acceptors (Lipinski definition) is 4. The first-order valence-corrected chi connectivity index (χ1v) is 11.9. The van der Waals surface area contributed by atoms with Crippen LogP contribution in [-0.4, -0.2) is 61.7 Å². The Morgan fingerprint density at radius 1 is 1.06 bits per heavy atom. The van der Waals surface area contributed by atoms with Crippen molar-refractivity contribution in [2.24, 2.45) is 5.92 Å². The van der Waals surface area contributed by atoms with Gasteiger partial charge in [-0.1, -0.05) is 24.3 Å². The van der Waals surface area contributed by atoms with Crippen molar-refractivity contribution in [1.29, 1.82) is 0 Å². The Hall–Kier alpha value is -2.37. The topological polar surface area (TPSA) is 42.0 Å². The molecule has 172 valence electrons. The highest BCUT2D eigenvalue weighted by atomic mass is 16.5. The molecule has 0 N–H and O–H groups in total. The van der Waals surface area contributed by atoms with E-state index in [4.69, 9.17) is 9.47 Å². The van der Waals surface area contributed by atoms with Gasteiger partial charge in [-0.25, -0.2) is 0 Å². The smallest absolute Gasteiger partial charge is 0.253 e. The SMILES string of the molecule is COc1ccc(C(=O)N(CC2CCN(Cc3ccccc3C)CC2)C[C@H]2CCCO2)cc1. The number of amides is 1. The van der Waals surface area contributed by atoms with Crippen LogP contribution in [0.15, 0.2) is 48.5 Å². The maximum absolute atomic E-state index is 13.4. The number of benzene rings is 2. The fraction of sp³-hybridized carbons (Fsp3) is 0.519. The lowest BCUT2D eigenvalue weighted by Crippen LogP contribution is -2.43. The summed E-state index contributed by atoms with van der Waals surface area (Å²) < 4.78 is 11.1. The Morgan fingerprint density at radius 3 is 2.47 bits per heavy atom. The molecule has 0 unspecified atom stereocenters. The number of ether oxygens (including phenoxy) is 2. The molecule has 32 heavy (non-hydrogen) atoms. The van der Waals surface area contributed by atoms with E-state index in [-0.39, 0.29) is 12.0 Å². The summed E-state index contributed by atoms with van der Waals surface area (Å²) in [5.41, 5.74) is 3.50. The number of methoxy groups -OCH3 is 1. The number of rotatable bonds is 8. The van der Waals surface area contributed by atoms with Crippen molar-refractivity contribution >= 4 is 5.91 Å². The molecule has 2 saturated heterocycles. The summed E-state index contributed by atoms with van der Waals surface area (Å²) >= 11 is 0. The summed E-state index contributed by atoms with van der Waals surface area (Å²) in [5.74, 6) is 1.41. The third-order valence-electron chi connectivity index (χ3n) is 6.91. The molecule has 2 aromatic rings. The second-order valence-electron chi connectivity index (χ2n) is 9.22. The van der Waals surface area contributed by atoms with E-state index in [2.05, 4.69) is 36.1 Å². The quantitative estimate of drug-likeness (QED) is 0.609. The third kappa shape index (κ3) is 5.90. The molecule has 0 saturated carbocycles. The zero-order chi connectivity index (χ0) is 22.3. The van der Waals surface area contributed by atoms with Gasteiger partial charge in [-0.3, -0.25) is 9.69 Å². The van der Waals surface area contributed by atoms with Crippen LogP contribution in [-0.2, 0) is 11.3 Å². The average molecular weight is 437 g/mol. The van der Waals surface area contributed by atoms with Crippen molar-refractivity contribution in [2.75, 3.05) is 39.9 Å². The molecule has 5 heteroatoms. The summed E-state index contributed by atoms with van der Waals surface area (Å²) in [4.78, 5) is 18.0. The van der Waals surface area contributed by atoms with E-state index in [0.717, 1.165) is 69.8 Å². The lowest BCUT2D eigenvalue weighted by molar-refractivity contribution is 0.0444. The molecule has 2 aromatic carbocycles. The van der Waals surface area contributed by atoms with Crippen molar-refractivity contribution in [3.63, 3.8) is 0 Å². The van der Waals surface area contributed by atoms with Crippen LogP contribution in [0, 0.1) is 12.8 Å². The molecule has 2 heterocycles. The molecule has 0 aliphatic carbocycles. The van der Waals surface area contributed by atoms with Crippen molar-refractivity contribution in [1.82, 2.24) is 9.80 Å². The van der Waals surface area contributed by atoms with Gasteiger partial charge in [-0.2, -0.15) is 0 Å². The van der Waals surface area contributed by atoms with Gasteiger partial charge in [0.25, 0.3) is 5.91 Å². The zero-order valence-electron chi connectivity index (χ0n) is 19.5. The average Bonchev–Trinajstić information content (AvgIpc) is 3.34. The summed E-state index contributed by atoms with van der Waals surface area (Å²) in [5, 5.41) is 0. The number of carbonyl (C=O) groups excluding carboxylic acids is 1. The van der Waals surface area contributed by atoms with Gasteiger partial charge < -0.3 is 14.4 Å². The molecular weight excluding hydrogens is 400 g/mol. The van der Waals surface area contributed by atoms with Crippen molar-refractivity contribution in [2.45, 2.75) is 45.3 Å². The van der Waals surface area contributed by atoms with Crippen LogP contribution in [0.5, 0.6) is 5.75 Å². The molecule has 4 rings (SSSR count). The van der Waals surface area contributed by atoms with Crippen LogP contribution in [0.3, 0.4) is 0 Å². The lowest BCUT2D eigenvalue weighted by Gasteiger charge is -2.36. The van der Waals surface area contributed by atoms with Gasteiger partial charge in [0.05, 0.1) is 13.2 Å². The second kappa shape index (κ2) is 11.0. The molecule has 2 fully saturated rings. The number of hydrogen-bond donors (Lipinski definition) is 0. The number of carbonyl (C=O) groups is 1. The Morgan fingerprint density at radius 2 is 1.81 bits per heavy atom. The summed E-state index contributed by atoms with van der Waals surface area (Å²) in [6.45, 7) is 7.69. The third-order valence-corrected chi connectivity index (χ3v) is 6.91. The monoisotopic (exact) mass is 436 g/mol. The van der Waals surface area contributed by atoms with Gasteiger partial charge in [0.2, 0.25) is 0 Å². The molecule has 2 aliphatic heterocycles. The molecule has 2 aliphatic rings. The van der Waals surface area contributed by atoms with Crippen LogP contribution in [0.2, 0.25) is 0 Å². The highest BCUT2D eigenvalue weighted by molar-refractivity contribution is 5.94. The van der Waals surface area contributed by atoms with Crippen LogP contribution >= 0.6 is 0 Å². The first-order valence-electron chi connectivity index (χ1n) is 11.9. The Labute approximate surface area is 192 Å². The van der Waals surface area contributed by atoms with E-state index >= 15 is 0 Å². The number of likely N-dealkylation sites (tertiary alicyclic amines) is 1. The Bertz CT molecular complexity index is 869. The predicted molar refractivity (Wildman–Crippen MR) is 127 cm³/mol. The van der Waals surface area contributed by atoms with Gasteiger partial charge in [0.1, 0.15) is 5.75 Å². The van der Waals surface area contributed by atoms with Gasteiger partial charge in [0, 0.05) is 31.8 Å². The van der Waals surface area contributed by atoms with Crippen molar-refractivity contribution < 1.29 is 14.3 Å². The second-order valence-corrected chi connectivity index (χ2v) is 9.22. The van der Waals surface area contributed by atoms with Gasteiger partial charge >= 0.3 is 0 Å². The van der Waals surface area contributed by atoms with E-state index in [1.54, 1.807) is 7.11 Å². The molecule has 0 aromatic heterocycles. The van der Waals surface area contributed by atoms with Gasteiger partial charge in [-0.05, 0) is 87.0 Å². The fourth-order valence-corrected chi connectivity index (χ4v) is 4.86. The van der Waals surface area contributed by atoms with E-state index in [0.29, 0.717) is 12.5 Å². The normalized spacial score (nSPS) is 19.8. The Balaban J connectivity index is 1.36. The van der Waals surface area contributed by atoms with Gasteiger partial charge in [-0.15, -0.1) is 0 Å². The lowest BCUT2D eigenvalue weighted by atomic mass is 9.95. The number of nitrogens with zero attached hydrogens (tertiary/aromatic N) is 2. The largest absolute Gasteiger partial charge is 0.497 e. The van der Waals surface area contributed by atoms with Crippen LogP contribution in [0.4, 0.5) is 0 Å². The number of piperidine rings is 1. The van der Waals surface area contributed by atoms with Crippen LogP contribution in [0.25, 0.3) is 0 Å². The molecule has 5 nitrogen and oxygen atoms in total.